The summed E-state index contributed by atoms with van der Waals surface area (Å²) in [4.78, 5) is 21.0. The van der Waals surface area contributed by atoms with Crippen LogP contribution >= 0.6 is 11.8 Å². The lowest BCUT2D eigenvalue weighted by molar-refractivity contribution is -0.384. The summed E-state index contributed by atoms with van der Waals surface area (Å²) >= 11 is 1.73. The van der Waals surface area contributed by atoms with Gasteiger partial charge in [-0.1, -0.05) is 12.1 Å². The summed E-state index contributed by atoms with van der Waals surface area (Å²) in [6.07, 6.45) is 0.892. The van der Waals surface area contributed by atoms with Crippen molar-refractivity contribution in [1.82, 2.24) is 5.32 Å². The highest BCUT2D eigenvalue weighted by Crippen LogP contribution is 2.30. The van der Waals surface area contributed by atoms with E-state index in [1.807, 2.05) is 13.0 Å². The molecule has 0 heterocycles. The number of nitro groups is 1. The predicted octanol–water partition coefficient (Wildman–Crippen LogP) is 2.92. The van der Waals surface area contributed by atoms with Gasteiger partial charge in [0.15, 0.2) is 0 Å². The Hall–Kier alpha value is -1.56. The largest absolute Gasteiger partial charge is 0.356 e. The Kier molecular flexibility index (Phi) is 6.35. The van der Waals surface area contributed by atoms with Crippen molar-refractivity contribution in [2.24, 2.45) is 0 Å². The molecule has 0 radical (unpaired) electrons. The number of amides is 1. The van der Waals surface area contributed by atoms with Crippen molar-refractivity contribution in [3.05, 3.63) is 39.9 Å². The normalized spacial score (nSPS) is 11.9. The van der Waals surface area contributed by atoms with Gasteiger partial charge in [-0.2, -0.15) is 11.8 Å². The van der Waals surface area contributed by atoms with Gasteiger partial charge in [-0.05, 0) is 24.7 Å². The Bertz CT molecular complexity index is 451. The fourth-order valence-corrected chi connectivity index (χ4v) is 2.59. The zero-order valence-corrected chi connectivity index (χ0v) is 11.9. The number of hydrogen-bond acceptors (Lipinski definition) is 4. The highest BCUT2D eigenvalue weighted by atomic mass is 32.2. The molecule has 6 heteroatoms. The predicted molar refractivity (Wildman–Crippen MR) is 77.3 cm³/mol. The lowest BCUT2D eigenvalue weighted by Crippen LogP contribution is -2.21. The van der Waals surface area contributed by atoms with Gasteiger partial charge in [-0.25, -0.2) is 0 Å². The van der Waals surface area contributed by atoms with E-state index in [-0.39, 0.29) is 21.8 Å². The van der Waals surface area contributed by atoms with Gasteiger partial charge in [0.2, 0.25) is 5.91 Å². The van der Waals surface area contributed by atoms with Crippen LogP contribution in [-0.2, 0) is 4.79 Å². The third kappa shape index (κ3) is 5.74. The summed E-state index contributed by atoms with van der Waals surface area (Å²) in [5, 5.41) is 13.6. The van der Waals surface area contributed by atoms with E-state index in [0.717, 1.165) is 17.7 Å². The van der Waals surface area contributed by atoms with Crippen molar-refractivity contribution >= 4 is 23.4 Å². The number of carbonyl (C=O) groups is 1. The molecular weight excluding hydrogens is 264 g/mol. The van der Waals surface area contributed by atoms with Crippen LogP contribution < -0.4 is 5.32 Å². The Morgan fingerprint density at radius 3 is 2.89 bits per heavy atom. The molecule has 1 rings (SSSR count). The molecule has 5 nitrogen and oxygen atoms in total. The van der Waals surface area contributed by atoms with Gasteiger partial charge in [0.05, 0.1) is 4.92 Å². The molecule has 0 fully saturated rings. The van der Waals surface area contributed by atoms with Crippen LogP contribution in [0.1, 0.15) is 31.1 Å². The van der Waals surface area contributed by atoms with Crippen LogP contribution in [0.25, 0.3) is 0 Å². The van der Waals surface area contributed by atoms with Crippen molar-refractivity contribution in [1.29, 1.82) is 0 Å². The SMILES string of the molecule is CC(=O)NCCCSC(C)c1cccc([N+](=O)[O-])c1. The smallest absolute Gasteiger partial charge is 0.269 e. The fraction of sp³-hybridized carbons (Fsp3) is 0.462. The van der Waals surface area contributed by atoms with Crippen LogP contribution in [0.5, 0.6) is 0 Å². The molecule has 0 aliphatic heterocycles. The summed E-state index contributed by atoms with van der Waals surface area (Å²) in [7, 11) is 0. The first kappa shape index (κ1) is 15.5. The van der Waals surface area contributed by atoms with Gasteiger partial charge in [0.1, 0.15) is 0 Å². The standard InChI is InChI=1S/C13H18N2O3S/c1-10(19-8-4-7-14-11(2)16)12-5-3-6-13(9-12)15(17)18/h3,5-6,9-10H,4,7-8H2,1-2H3,(H,14,16). The summed E-state index contributed by atoms with van der Waals surface area (Å²) in [6, 6.07) is 6.73. The Morgan fingerprint density at radius 2 is 2.26 bits per heavy atom. The third-order valence-electron chi connectivity index (χ3n) is 2.61. The zero-order chi connectivity index (χ0) is 14.3. The molecule has 0 bridgehead atoms. The lowest BCUT2D eigenvalue weighted by atomic mass is 10.1. The number of nitrogens with zero attached hydrogens (tertiary/aromatic N) is 1. The second kappa shape index (κ2) is 7.78. The number of hydrogen-bond donors (Lipinski definition) is 1. The average molecular weight is 282 g/mol. The lowest BCUT2D eigenvalue weighted by Gasteiger charge is -2.11. The summed E-state index contributed by atoms with van der Waals surface area (Å²) < 4.78 is 0. The summed E-state index contributed by atoms with van der Waals surface area (Å²) in [6.45, 7) is 4.20. The maximum atomic E-state index is 10.7. The molecule has 0 aliphatic carbocycles. The second-order valence-corrected chi connectivity index (χ2v) is 5.65. The number of rotatable bonds is 7. The minimum absolute atomic E-state index is 0.0169. The van der Waals surface area contributed by atoms with Crippen LogP contribution in [0.3, 0.4) is 0 Å². The van der Waals surface area contributed by atoms with Crippen molar-refractivity contribution < 1.29 is 9.72 Å². The monoisotopic (exact) mass is 282 g/mol. The van der Waals surface area contributed by atoms with Crippen molar-refractivity contribution in [3.8, 4) is 0 Å². The molecule has 0 aromatic heterocycles. The molecule has 0 saturated heterocycles. The first-order valence-corrected chi connectivity index (χ1v) is 7.16. The van der Waals surface area contributed by atoms with E-state index < -0.39 is 0 Å². The van der Waals surface area contributed by atoms with E-state index in [1.54, 1.807) is 23.9 Å². The fourth-order valence-electron chi connectivity index (χ4n) is 1.58. The van der Waals surface area contributed by atoms with E-state index in [4.69, 9.17) is 0 Å². The average Bonchev–Trinajstić information content (AvgIpc) is 2.37. The molecule has 1 aromatic rings. The molecule has 1 aromatic carbocycles. The molecule has 104 valence electrons. The maximum absolute atomic E-state index is 10.7. The Balaban J connectivity index is 2.40. The number of benzene rings is 1. The molecule has 19 heavy (non-hydrogen) atoms. The summed E-state index contributed by atoms with van der Waals surface area (Å²) in [5.74, 6) is 0.890. The zero-order valence-electron chi connectivity index (χ0n) is 11.1. The highest BCUT2D eigenvalue weighted by molar-refractivity contribution is 7.99. The molecule has 0 aliphatic rings. The van der Waals surface area contributed by atoms with E-state index in [0.29, 0.717) is 6.54 Å². The minimum Gasteiger partial charge on any atom is -0.356 e. The molecule has 1 N–H and O–H groups in total. The molecule has 0 spiro atoms. The van der Waals surface area contributed by atoms with E-state index in [2.05, 4.69) is 5.32 Å². The molecule has 1 amide bonds. The van der Waals surface area contributed by atoms with Crippen LogP contribution in [0, 0.1) is 10.1 Å². The van der Waals surface area contributed by atoms with E-state index >= 15 is 0 Å². The van der Waals surface area contributed by atoms with Crippen LogP contribution in [-0.4, -0.2) is 23.1 Å². The van der Waals surface area contributed by atoms with Gasteiger partial charge in [0, 0.05) is 30.9 Å². The summed E-state index contributed by atoms with van der Waals surface area (Å²) in [5.41, 5.74) is 1.09. The number of nitro benzene ring substituents is 1. The first-order chi connectivity index (χ1) is 9.00. The number of non-ortho nitro benzene ring substituents is 1. The number of thioether (sulfide) groups is 1. The number of nitrogens with one attached hydrogen (secondary N) is 1. The van der Waals surface area contributed by atoms with Crippen molar-refractivity contribution in [3.63, 3.8) is 0 Å². The topological polar surface area (TPSA) is 72.2 Å². The second-order valence-electron chi connectivity index (χ2n) is 4.20. The maximum Gasteiger partial charge on any atom is 0.269 e. The van der Waals surface area contributed by atoms with Gasteiger partial charge in [-0.3, -0.25) is 14.9 Å². The van der Waals surface area contributed by atoms with Crippen LogP contribution in [0.15, 0.2) is 24.3 Å². The van der Waals surface area contributed by atoms with Gasteiger partial charge in [-0.15, -0.1) is 0 Å². The van der Waals surface area contributed by atoms with Crippen molar-refractivity contribution in [2.75, 3.05) is 12.3 Å². The number of carbonyl (C=O) groups excluding carboxylic acids is 1. The first-order valence-electron chi connectivity index (χ1n) is 6.11. The van der Waals surface area contributed by atoms with E-state index in [1.165, 1.54) is 13.0 Å². The van der Waals surface area contributed by atoms with Gasteiger partial charge in [0.25, 0.3) is 5.69 Å². The van der Waals surface area contributed by atoms with Crippen molar-refractivity contribution in [2.45, 2.75) is 25.5 Å². The van der Waals surface area contributed by atoms with Crippen LogP contribution in [0.4, 0.5) is 5.69 Å². The highest BCUT2D eigenvalue weighted by Gasteiger charge is 2.10. The molecule has 0 saturated carbocycles. The van der Waals surface area contributed by atoms with Gasteiger partial charge < -0.3 is 5.32 Å². The Morgan fingerprint density at radius 1 is 1.53 bits per heavy atom. The Labute approximate surface area is 116 Å². The molecule has 1 unspecified atom stereocenters. The van der Waals surface area contributed by atoms with Crippen LogP contribution in [0.2, 0.25) is 0 Å². The molecular formula is C13H18N2O3S. The molecule has 1 atom stereocenters. The minimum atomic E-state index is -0.377. The van der Waals surface area contributed by atoms with Gasteiger partial charge >= 0.3 is 0 Å². The quantitative estimate of drug-likeness (QED) is 0.474. The third-order valence-corrected chi connectivity index (χ3v) is 3.91. The van der Waals surface area contributed by atoms with E-state index in [9.17, 15) is 14.9 Å².